The molecule has 2 atom stereocenters. The zero-order chi connectivity index (χ0) is 5.19. The van der Waals surface area contributed by atoms with Crippen molar-refractivity contribution in [2.24, 2.45) is 0 Å². The average molecular weight is 134 g/mol. The van der Waals surface area contributed by atoms with E-state index in [1.165, 1.54) is 9.52 Å². The van der Waals surface area contributed by atoms with Gasteiger partial charge in [-0.15, -0.1) is 0 Å². The van der Waals surface area contributed by atoms with Crippen LogP contribution in [0.25, 0.3) is 0 Å². The number of hydrogen-bond donors (Lipinski definition) is 0. The minimum atomic E-state index is -0.645. The van der Waals surface area contributed by atoms with Crippen LogP contribution in [0.4, 0.5) is 0 Å². The van der Waals surface area contributed by atoms with Crippen molar-refractivity contribution in [2.45, 2.75) is 10.3 Å². The molecule has 0 N–H and O–H groups in total. The van der Waals surface area contributed by atoms with Gasteiger partial charge in [0.1, 0.15) is 8.07 Å². The van der Waals surface area contributed by atoms with Gasteiger partial charge in [-0.2, -0.15) is 0 Å². The standard InChI is InChI=1S/C6H6Si2/c1-3-8-4-2-6(8)7-5(1)8/h1-6H/t5-,6-,8?/m0/s1. The molecule has 0 saturated carbocycles. The maximum atomic E-state index is 2.51. The van der Waals surface area contributed by atoms with Crippen LogP contribution < -0.4 is 0 Å². The lowest BCUT2D eigenvalue weighted by Gasteiger charge is -2.59. The van der Waals surface area contributed by atoms with Gasteiger partial charge >= 0.3 is 0 Å². The van der Waals surface area contributed by atoms with Crippen molar-refractivity contribution >= 4 is 17.6 Å². The highest BCUT2D eigenvalue weighted by molar-refractivity contribution is 7.15. The van der Waals surface area contributed by atoms with Gasteiger partial charge in [-0.3, -0.25) is 0 Å². The summed E-state index contributed by atoms with van der Waals surface area (Å²) in [5.41, 5.74) is 5.03. The molecule has 8 heavy (non-hydrogen) atoms. The molecular weight excluding hydrogens is 128 g/mol. The molecule has 0 unspecified atom stereocenters. The molecule has 0 aliphatic carbocycles. The molecular formula is C6H6Si2. The molecule has 0 amide bonds. The maximum absolute atomic E-state index is 2.51. The molecule has 0 nitrogen and oxygen atoms in total. The van der Waals surface area contributed by atoms with Gasteiger partial charge in [-0.25, -0.2) is 0 Å². The molecule has 0 bridgehead atoms. The van der Waals surface area contributed by atoms with Gasteiger partial charge in [0.25, 0.3) is 0 Å². The van der Waals surface area contributed by atoms with E-state index in [0.29, 0.717) is 0 Å². The normalized spacial score (nSPS) is 62.0. The molecule has 1 fully saturated rings. The maximum Gasteiger partial charge on any atom is 0.108 e. The fourth-order valence-electron chi connectivity index (χ4n) is 1.78. The van der Waals surface area contributed by atoms with Gasteiger partial charge in [0.15, 0.2) is 0 Å². The van der Waals surface area contributed by atoms with Crippen LogP contribution in [0.15, 0.2) is 23.6 Å². The molecule has 3 heterocycles. The van der Waals surface area contributed by atoms with Crippen molar-refractivity contribution in [3.63, 3.8) is 0 Å². The summed E-state index contributed by atoms with van der Waals surface area (Å²) in [7, 11) is 0.637. The van der Waals surface area contributed by atoms with E-state index in [4.69, 9.17) is 0 Å². The van der Waals surface area contributed by atoms with Crippen LogP contribution in [0.2, 0.25) is 10.3 Å². The summed E-state index contributed by atoms with van der Waals surface area (Å²) in [5, 5.41) is 2.25. The van der Waals surface area contributed by atoms with Crippen molar-refractivity contribution in [1.82, 2.24) is 0 Å². The predicted molar refractivity (Wildman–Crippen MR) is 37.3 cm³/mol. The first-order valence-corrected chi connectivity index (χ1v) is 6.53. The Balaban J connectivity index is 2.22. The summed E-state index contributed by atoms with van der Waals surface area (Å²) in [4.78, 5) is 0. The minimum Gasteiger partial charge on any atom is -0.0942 e. The van der Waals surface area contributed by atoms with Crippen LogP contribution in [0.5, 0.6) is 0 Å². The largest absolute Gasteiger partial charge is 0.108 e. The Morgan fingerprint density at radius 2 is 1.75 bits per heavy atom. The first-order chi connectivity index (χ1) is 3.92. The Morgan fingerprint density at radius 1 is 1.12 bits per heavy atom. The number of hydrogen-bond acceptors (Lipinski definition) is 0. The highest BCUT2D eigenvalue weighted by Gasteiger charge is 2.60. The Labute approximate surface area is 52.1 Å². The molecule has 3 rings (SSSR count). The second-order valence-corrected chi connectivity index (χ2v) is 9.48. The van der Waals surface area contributed by atoms with E-state index in [9.17, 15) is 0 Å². The highest BCUT2D eigenvalue weighted by Crippen LogP contribution is 2.59. The highest BCUT2D eigenvalue weighted by atomic mass is 28.4. The van der Waals surface area contributed by atoms with E-state index in [2.05, 4.69) is 23.6 Å². The van der Waals surface area contributed by atoms with Crippen molar-refractivity contribution in [3.05, 3.63) is 23.6 Å². The van der Waals surface area contributed by atoms with Crippen molar-refractivity contribution in [1.29, 1.82) is 0 Å². The summed E-state index contributed by atoms with van der Waals surface area (Å²) in [6.07, 6.45) is 4.84. The summed E-state index contributed by atoms with van der Waals surface area (Å²) in [5.74, 6) is 0. The Hall–Kier alpha value is -0.0862. The van der Waals surface area contributed by atoms with Crippen molar-refractivity contribution < 1.29 is 0 Å². The van der Waals surface area contributed by atoms with E-state index >= 15 is 0 Å². The van der Waals surface area contributed by atoms with Gasteiger partial charge in [0, 0.05) is 9.52 Å². The van der Waals surface area contributed by atoms with E-state index in [1.807, 2.05) is 0 Å². The number of allylic oxidation sites excluding steroid dienone is 2. The zero-order valence-corrected chi connectivity index (χ0v) is 6.46. The summed E-state index contributed by atoms with van der Waals surface area (Å²) >= 11 is 0. The van der Waals surface area contributed by atoms with Crippen LogP contribution in [-0.2, 0) is 0 Å². The molecule has 38 valence electrons. The molecule has 1 saturated heterocycles. The van der Waals surface area contributed by atoms with Crippen molar-refractivity contribution in [2.75, 3.05) is 0 Å². The second-order valence-electron chi connectivity index (χ2n) is 2.84. The summed E-state index contributed by atoms with van der Waals surface area (Å²) < 4.78 is 0. The molecule has 3 aliphatic heterocycles. The van der Waals surface area contributed by atoms with Gasteiger partial charge in [-0.05, 0) is 10.3 Å². The lowest BCUT2D eigenvalue weighted by atomic mass is 10.6. The fraction of sp³-hybridized carbons (Fsp3) is 0.333. The van der Waals surface area contributed by atoms with Gasteiger partial charge in [0.2, 0.25) is 0 Å². The van der Waals surface area contributed by atoms with Gasteiger partial charge in [0.05, 0.1) is 0 Å². The molecule has 0 aromatic carbocycles. The Morgan fingerprint density at radius 3 is 1.75 bits per heavy atom. The van der Waals surface area contributed by atoms with E-state index in [-0.39, 0.29) is 0 Å². The summed E-state index contributed by atoms with van der Waals surface area (Å²) in [6.45, 7) is 0. The molecule has 0 aromatic heterocycles. The zero-order valence-electron chi connectivity index (χ0n) is 4.46. The SMILES string of the molecule is C1=C[Si]23C=C[C@H]2[Si][C@H]13. The third-order valence-electron chi connectivity index (χ3n) is 2.59. The van der Waals surface area contributed by atoms with Gasteiger partial charge in [-0.1, -0.05) is 23.6 Å². The average Bonchev–Trinajstić information content (AvgIpc) is 1.62. The molecule has 2 radical (unpaired) electrons. The van der Waals surface area contributed by atoms with E-state index < -0.39 is 8.07 Å². The molecule has 1 spiro atoms. The fourth-order valence-corrected chi connectivity index (χ4v) is 9.89. The lowest BCUT2D eigenvalue weighted by Crippen LogP contribution is -2.65. The monoisotopic (exact) mass is 134 g/mol. The van der Waals surface area contributed by atoms with Crippen LogP contribution in [0.3, 0.4) is 0 Å². The summed E-state index contributed by atoms with van der Waals surface area (Å²) in [6, 6.07) is 0. The molecule has 2 heteroatoms. The second kappa shape index (κ2) is 0.845. The molecule has 3 aliphatic rings. The topological polar surface area (TPSA) is 0 Å². The van der Waals surface area contributed by atoms with Crippen LogP contribution >= 0.6 is 0 Å². The quantitative estimate of drug-likeness (QED) is 0.434. The lowest BCUT2D eigenvalue weighted by molar-refractivity contribution is 1.12. The predicted octanol–water partition coefficient (Wildman–Crippen LogP) is 1.03. The third kappa shape index (κ3) is 0.183. The van der Waals surface area contributed by atoms with Crippen LogP contribution in [0.1, 0.15) is 0 Å². The third-order valence-corrected chi connectivity index (χ3v) is 11.8. The van der Waals surface area contributed by atoms with E-state index in [1.54, 1.807) is 0 Å². The number of rotatable bonds is 0. The first kappa shape index (κ1) is 3.85. The van der Waals surface area contributed by atoms with Crippen LogP contribution in [-0.4, -0.2) is 17.6 Å². The Bertz CT molecular complexity index is 183. The first-order valence-electron chi connectivity index (χ1n) is 3.07. The van der Waals surface area contributed by atoms with Gasteiger partial charge < -0.3 is 0 Å². The van der Waals surface area contributed by atoms with Crippen molar-refractivity contribution in [3.8, 4) is 0 Å². The van der Waals surface area contributed by atoms with E-state index in [0.717, 1.165) is 10.3 Å². The van der Waals surface area contributed by atoms with Crippen LogP contribution in [0, 0.1) is 0 Å². The Kier molecular flexibility index (Phi) is 0.407. The minimum absolute atomic E-state index is 0.645. The molecule has 0 aromatic rings. The smallest absolute Gasteiger partial charge is 0.0942 e.